The lowest BCUT2D eigenvalue weighted by Crippen LogP contribution is -2.33. The zero-order valence-corrected chi connectivity index (χ0v) is 13.3. The first kappa shape index (κ1) is 17.3. The molecule has 0 aliphatic carbocycles. The molecule has 0 bridgehead atoms. The van der Waals surface area contributed by atoms with Crippen LogP contribution >= 0.6 is 0 Å². The lowest BCUT2D eigenvalue weighted by Gasteiger charge is -2.19. The van der Waals surface area contributed by atoms with Crippen LogP contribution in [0.25, 0.3) is 0 Å². The quantitative estimate of drug-likeness (QED) is 0.773. The van der Waals surface area contributed by atoms with E-state index in [0.717, 1.165) is 0 Å². The van der Waals surface area contributed by atoms with E-state index in [9.17, 15) is 4.79 Å². The lowest BCUT2D eigenvalue weighted by molar-refractivity contribution is -0.120. The van der Waals surface area contributed by atoms with E-state index in [2.05, 4.69) is 5.32 Å². The van der Waals surface area contributed by atoms with Gasteiger partial charge in [0.2, 0.25) is 5.91 Å². The van der Waals surface area contributed by atoms with Crippen LogP contribution in [0.15, 0.2) is 18.2 Å². The molecular weight excluding hydrogens is 268 g/mol. The van der Waals surface area contributed by atoms with Gasteiger partial charge in [-0.05, 0) is 31.9 Å². The Labute approximate surface area is 126 Å². The van der Waals surface area contributed by atoms with Crippen molar-refractivity contribution in [3.05, 3.63) is 18.2 Å². The molecular formula is C16H26N2O3. The Hall–Kier alpha value is -1.75. The van der Waals surface area contributed by atoms with E-state index < -0.39 is 0 Å². The summed E-state index contributed by atoms with van der Waals surface area (Å²) in [5.41, 5.74) is 6.35. The summed E-state index contributed by atoms with van der Waals surface area (Å²) in [6.07, 6.45) is 0. The van der Waals surface area contributed by atoms with Crippen LogP contribution in [0.5, 0.6) is 11.5 Å². The molecule has 118 valence electrons. The third kappa shape index (κ3) is 4.93. The maximum absolute atomic E-state index is 12.2. The molecule has 0 radical (unpaired) electrons. The van der Waals surface area contributed by atoms with Gasteiger partial charge in [-0.15, -0.1) is 0 Å². The summed E-state index contributed by atoms with van der Waals surface area (Å²) in [5, 5.41) is 2.89. The lowest BCUT2D eigenvalue weighted by atomic mass is 9.95. The number of anilines is 1. The van der Waals surface area contributed by atoms with E-state index in [-0.39, 0.29) is 17.7 Å². The van der Waals surface area contributed by atoms with Crippen molar-refractivity contribution in [2.24, 2.45) is 17.6 Å². The molecule has 0 aliphatic rings. The molecule has 21 heavy (non-hydrogen) atoms. The fraction of sp³-hybridized carbons (Fsp3) is 0.562. The van der Waals surface area contributed by atoms with Gasteiger partial charge in [-0.2, -0.15) is 0 Å². The molecule has 0 aliphatic heterocycles. The first-order valence-corrected chi connectivity index (χ1v) is 7.44. The molecule has 5 heteroatoms. The monoisotopic (exact) mass is 294 g/mol. The molecule has 1 aromatic carbocycles. The van der Waals surface area contributed by atoms with E-state index in [0.29, 0.717) is 36.9 Å². The van der Waals surface area contributed by atoms with Crippen molar-refractivity contribution in [1.29, 1.82) is 0 Å². The van der Waals surface area contributed by atoms with E-state index >= 15 is 0 Å². The Balaban J connectivity index is 2.88. The largest absolute Gasteiger partial charge is 0.490 e. The minimum absolute atomic E-state index is 0.0703. The van der Waals surface area contributed by atoms with E-state index in [1.165, 1.54) is 0 Å². The normalized spacial score (nSPS) is 12.1. The van der Waals surface area contributed by atoms with Crippen molar-refractivity contribution in [2.45, 2.75) is 27.7 Å². The van der Waals surface area contributed by atoms with Crippen LogP contribution in [0.3, 0.4) is 0 Å². The number of nitrogens with two attached hydrogens (primary N) is 1. The van der Waals surface area contributed by atoms with Crippen LogP contribution < -0.4 is 20.5 Å². The molecule has 0 heterocycles. The number of ether oxygens (including phenoxy) is 2. The maximum atomic E-state index is 12.2. The molecule has 0 aromatic heterocycles. The number of benzene rings is 1. The Morgan fingerprint density at radius 3 is 2.33 bits per heavy atom. The number of hydrogen-bond donors (Lipinski definition) is 2. The summed E-state index contributed by atoms with van der Waals surface area (Å²) < 4.78 is 11.0. The number of carbonyl (C=O) groups is 1. The molecule has 1 rings (SSSR count). The zero-order chi connectivity index (χ0) is 15.8. The highest BCUT2D eigenvalue weighted by Gasteiger charge is 2.20. The van der Waals surface area contributed by atoms with Crippen LogP contribution in [0.1, 0.15) is 27.7 Å². The van der Waals surface area contributed by atoms with E-state index in [4.69, 9.17) is 15.2 Å². The second kappa shape index (κ2) is 8.52. The minimum Gasteiger partial charge on any atom is -0.490 e. The fourth-order valence-electron chi connectivity index (χ4n) is 2.05. The number of rotatable bonds is 8. The zero-order valence-electron chi connectivity index (χ0n) is 13.3. The Bertz CT molecular complexity index is 461. The summed E-state index contributed by atoms with van der Waals surface area (Å²) in [5.74, 6) is 1.23. The topological polar surface area (TPSA) is 73.6 Å². The van der Waals surface area contributed by atoms with Gasteiger partial charge in [0.1, 0.15) is 0 Å². The Morgan fingerprint density at radius 1 is 1.19 bits per heavy atom. The van der Waals surface area contributed by atoms with Gasteiger partial charge in [0.15, 0.2) is 11.5 Å². The van der Waals surface area contributed by atoms with E-state index in [1.807, 2.05) is 27.7 Å². The standard InChI is InChI=1S/C16H26N2O3/c1-5-20-14-8-7-12(9-15(14)21-6-2)18-16(19)13(10-17)11(3)4/h7-9,11,13H,5-6,10,17H2,1-4H3,(H,18,19). The van der Waals surface area contributed by atoms with Crippen LogP contribution in [0.2, 0.25) is 0 Å². The average Bonchev–Trinajstić information content (AvgIpc) is 2.42. The van der Waals surface area contributed by atoms with Crippen molar-refractivity contribution >= 4 is 11.6 Å². The predicted octanol–water partition coefficient (Wildman–Crippen LogP) is 2.65. The Morgan fingerprint density at radius 2 is 1.81 bits per heavy atom. The van der Waals surface area contributed by atoms with Gasteiger partial charge in [-0.3, -0.25) is 4.79 Å². The first-order valence-electron chi connectivity index (χ1n) is 7.44. The van der Waals surface area contributed by atoms with Gasteiger partial charge < -0.3 is 20.5 Å². The molecule has 1 unspecified atom stereocenters. The molecule has 1 atom stereocenters. The van der Waals surface area contributed by atoms with Gasteiger partial charge in [0.25, 0.3) is 0 Å². The van der Waals surface area contributed by atoms with Gasteiger partial charge in [-0.1, -0.05) is 13.8 Å². The molecule has 0 saturated heterocycles. The third-order valence-corrected chi connectivity index (χ3v) is 3.21. The van der Waals surface area contributed by atoms with Gasteiger partial charge in [0.05, 0.1) is 19.1 Å². The summed E-state index contributed by atoms with van der Waals surface area (Å²) in [4.78, 5) is 12.2. The second-order valence-corrected chi connectivity index (χ2v) is 5.10. The number of carbonyl (C=O) groups excluding carboxylic acids is 1. The SMILES string of the molecule is CCOc1ccc(NC(=O)C(CN)C(C)C)cc1OCC. The van der Waals surface area contributed by atoms with E-state index in [1.54, 1.807) is 18.2 Å². The number of nitrogens with one attached hydrogen (secondary N) is 1. The second-order valence-electron chi connectivity index (χ2n) is 5.10. The van der Waals surface area contributed by atoms with Gasteiger partial charge in [-0.25, -0.2) is 0 Å². The molecule has 1 aromatic rings. The minimum atomic E-state index is -0.202. The summed E-state index contributed by atoms with van der Waals surface area (Å²) >= 11 is 0. The predicted molar refractivity (Wildman–Crippen MR) is 84.8 cm³/mol. The molecule has 1 amide bonds. The molecule has 3 N–H and O–H groups in total. The molecule has 0 spiro atoms. The highest BCUT2D eigenvalue weighted by atomic mass is 16.5. The van der Waals surface area contributed by atoms with Crippen LogP contribution in [0, 0.1) is 11.8 Å². The number of amides is 1. The first-order chi connectivity index (χ1) is 10.0. The maximum Gasteiger partial charge on any atom is 0.229 e. The van der Waals surface area contributed by atoms with Gasteiger partial charge >= 0.3 is 0 Å². The van der Waals surface area contributed by atoms with Crippen molar-refractivity contribution in [2.75, 3.05) is 25.1 Å². The molecule has 0 saturated carbocycles. The number of hydrogen-bond acceptors (Lipinski definition) is 4. The van der Waals surface area contributed by atoms with Crippen molar-refractivity contribution in [3.8, 4) is 11.5 Å². The Kier molecular flexibility index (Phi) is 7.02. The summed E-state index contributed by atoms with van der Waals surface area (Å²) in [7, 11) is 0. The van der Waals surface area contributed by atoms with Crippen LogP contribution in [-0.4, -0.2) is 25.7 Å². The van der Waals surface area contributed by atoms with Crippen LogP contribution in [0.4, 0.5) is 5.69 Å². The van der Waals surface area contributed by atoms with Crippen LogP contribution in [-0.2, 0) is 4.79 Å². The summed E-state index contributed by atoms with van der Waals surface area (Å²) in [6, 6.07) is 5.39. The highest BCUT2D eigenvalue weighted by Crippen LogP contribution is 2.31. The smallest absolute Gasteiger partial charge is 0.229 e. The molecule has 5 nitrogen and oxygen atoms in total. The van der Waals surface area contributed by atoms with Gasteiger partial charge in [0, 0.05) is 18.3 Å². The average molecular weight is 294 g/mol. The summed E-state index contributed by atoms with van der Waals surface area (Å²) in [6.45, 7) is 9.23. The van der Waals surface area contributed by atoms with Crippen molar-refractivity contribution < 1.29 is 14.3 Å². The highest BCUT2D eigenvalue weighted by molar-refractivity contribution is 5.93. The molecule has 0 fully saturated rings. The fourth-order valence-corrected chi connectivity index (χ4v) is 2.05. The third-order valence-electron chi connectivity index (χ3n) is 3.21. The van der Waals surface area contributed by atoms with Crippen molar-refractivity contribution in [1.82, 2.24) is 0 Å². The van der Waals surface area contributed by atoms with Crippen molar-refractivity contribution in [3.63, 3.8) is 0 Å².